The van der Waals surface area contributed by atoms with Crippen LogP contribution in [0.25, 0.3) is 0 Å². The maximum absolute atomic E-state index is 11.5. The van der Waals surface area contributed by atoms with Crippen molar-refractivity contribution in [1.82, 2.24) is 0 Å². The molecule has 1 heterocycles. The first-order chi connectivity index (χ1) is 13.7. The van der Waals surface area contributed by atoms with E-state index in [1.165, 1.54) is 0 Å². The van der Waals surface area contributed by atoms with Crippen LogP contribution in [-0.2, 0) is 39.0 Å². The smallest absolute Gasteiger partial charge is 0.485 e. The topological polar surface area (TPSA) is 107 Å². The zero-order valence-electron chi connectivity index (χ0n) is 16.6. The Hall–Kier alpha value is -2.59. The molecule has 0 radical (unpaired) electrons. The molecular weight excluding hydrogens is 400 g/mol. The SMILES string of the molecule is CC(=O)O[Si](COc1ccc2c(c1)COC1(CCCC1)O2)(OC(C)=O)OC(C)=O. The minimum atomic E-state index is -4.06. The number of carbonyl (C=O) groups excluding carboxylic acids is 3. The molecule has 1 aliphatic carbocycles. The van der Waals surface area contributed by atoms with Crippen LogP contribution in [0.4, 0.5) is 0 Å². The fraction of sp³-hybridized carbons (Fsp3) is 0.526. The largest absolute Gasteiger partial charge is 0.745 e. The summed E-state index contributed by atoms with van der Waals surface area (Å²) < 4.78 is 33.0. The van der Waals surface area contributed by atoms with Gasteiger partial charge in [-0.1, -0.05) is 0 Å². The number of hydrogen-bond donors (Lipinski definition) is 0. The van der Waals surface area contributed by atoms with Gasteiger partial charge in [-0.2, -0.15) is 0 Å². The molecule has 3 rings (SSSR count). The summed E-state index contributed by atoms with van der Waals surface area (Å²) in [5.41, 5.74) is 0.805. The normalized spacial score (nSPS) is 17.1. The van der Waals surface area contributed by atoms with E-state index in [1.54, 1.807) is 18.2 Å². The van der Waals surface area contributed by atoms with E-state index < -0.39 is 38.7 Å². The molecule has 10 heteroatoms. The van der Waals surface area contributed by atoms with Crippen LogP contribution >= 0.6 is 0 Å². The van der Waals surface area contributed by atoms with Gasteiger partial charge in [0, 0.05) is 39.2 Å². The van der Waals surface area contributed by atoms with Crippen LogP contribution < -0.4 is 9.47 Å². The van der Waals surface area contributed by atoms with Crippen molar-refractivity contribution in [1.29, 1.82) is 0 Å². The van der Waals surface area contributed by atoms with E-state index in [0.717, 1.165) is 57.8 Å². The van der Waals surface area contributed by atoms with Crippen LogP contribution in [0.15, 0.2) is 18.2 Å². The second-order valence-electron chi connectivity index (χ2n) is 7.03. The highest BCUT2D eigenvalue weighted by Crippen LogP contribution is 2.42. The molecule has 0 bridgehead atoms. The number of benzene rings is 1. The van der Waals surface area contributed by atoms with Crippen molar-refractivity contribution in [3.8, 4) is 11.5 Å². The summed E-state index contributed by atoms with van der Waals surface area (Å²) in [6.45, 7) is 3.76. The third-order valence-electron chi connectivity index (χ3n) is 4.50. The molecule has 0 N–H and O–H groups in total. The highest BCUT2D eigenvalue weighted by molar-refractivity contribution is 6.65. The van der Waals surface area contributed by atoms with Gasteiger partial charge in [-0.15, -0.1) is 0 Å². The Kier molecular flexibility index (Phi) is 6.13. The van der Waals surface area contributed by atoms with Crippen molar-refractivity contribution in [3.63, 3.8) is 0 Å². The molecule has 2 aliphatic rings. The molecule has 1 fully saturated rings. The second-order valence-corrected chi connectivity index (χ2v) is 9.30. The van der Waals surface area contributed by atoms with Gasteiger partial charge in [0.2, 0.25) is 5.79 Å². The summed E-state index contributed by atoms with van der Waals surface area (Å²) in [5, 5.41) is 0. The molecule has 158 valence electrons. The number of rotatable bonds is 6. The van der Waals surface area contributed by atoms with Gasteiger partial charge in [-0.3, -0.25) is 14.4 Å². The predicted octanol–water partition coefficient (Wildman–Crippen LogP) is 2.41. The fourth-order valence-corrected chi connectivity index (χ4v) is 5.40. The molecule has 0 atom stereocenters. The Bertz CT molecular complexity index is 760. The highest BCUT2D eigenvalue weighted by atomic mass is 28.4. The van der Waals surface area contributed by atoms with Crippen LogP contribution in [0.5, 0.6) is 11.5 Å². The Labute approximate surface area is 169 Å². The summed E-state index contributed by atoms with van der Waals surface area (Å²) in [6.07, 6.45) is 3.48. The average molecular weight is 424 g/mol. The Morgan fingerprint density at radius 2 is 1.59 bits per heavy atom. The summed E-state index contributed by atoms with van der Waals surface area (Å²) >= 11 is 0. The first kappa shape index (κ1) is 21.1. The lowest BCUT2D eigenvalue weighted by Gasteiger charge is -2.35. The van der Waals surface area contributed by atoms with E-state index in [9.17, 15) is 14.4 Å². The Morgan fingerprint density at radius 1 is 1.00 bits per heavy atom. The first-order valence-electron chi connectivity index (χ1n) is 9.38. The van der Waals surface area contributed by atoms with Gasteiger partial charge in [0.05, 0.1) is 6.61 Å². The molecule has 1 aliphatic heterocycles. The second kappa shape index (κ2) is 8.42. The zero-order chi connectivity index (χ0) is 21.1. The molecule has 1 aromatic rings. The van der Waals surface area contributed by atoms with E-state index in [4.69, 9.17) is 27.5 Å². The molecule has 0 aromatic heterocycles. The summed E-state index contributed by atoms with van der Waals surface area (Å²) in [4.78, 5) is 34.5. The maximum atomic E-state index is 11.5. The third kappa shape index (κ3) is 5.27. The minimum absolute atomic E-state index is 0.382. The minimum Gasteiger partial charge on any atom is -0.485 e. The molecule has 0 saturated heterocycles. The van der Waals surface area contributed by atoms with Gasteiger partial charge >= 0.3 is 8.80 Å². The fourth-order valence-electron chi connectivity index (χ4n) is 3.44. The van der Waals surface area contributed by atoms with Gasteiger partial charge in [-0.25, -0.2) is 0 Å². The Morgan fingerprint density at radius 3 is 2.14 bits per heavy atom. The van der Waals surface area contributed by atoms with Crippen LogP contribution in [-0.4, -0.2) is 38.7 Å². The van der Waals surface area contributed by atoms with E-state index in [0.29, 0.717) is 12.4 Å². The number of hydrogen-bond acceptors (Lipinski definition) is 9. The standard InChI is InChI=1S/C19H24O9Si/c1-13(20)26-29(27-14(2)21,28-15(3)22)12-23-17-6-7-18-16(10-17)11-24-19(25-18)8-4-5-9-19/h6-7,10H,4-5,8-9,11-12H2,1-3H3. The van der Waals surface area contributed by atoms with Crippen LogP contribution in [0.2, 0.25) is 0 Å². The van der Waals surface area contributed by atoms with Gasteiger partial charge in [-0.05, 0) is 31.0 Å². The van der Waals surface area contributed by atoms with Gasteiger partial charge in [0.1, 0.15) is 11.5 Å². The van der Waals surface area contributed by atoms with E-state index in [-0.39, 0.29) is 0 Å². The van der Waals surface area contributed by atoms with Gasteiger partial charge < -0.3 is 27.5 Å². The highest BCUT2D eigenvalue weighted by Gasteiger charge is 2.54. The molecule has 29 heavy (non-hydrogen) atoms. The molecular formula is C19H24O9Si. The first-order valence-corrected chi connectivity index (χ1v) is 11.3. The average Bonchev–Trinajstić information content (AvgIpc) is 3.06. The van der Waals surface area contributed by atoms with E-state index >= 15 is 0 Å². The number of ether oxygens (including phenoxy) is 3. The van der Waals surface area contributed by atoms with E-state index in [2.05, 4.69) is 0 Å². The monoisotopic (exact) mass is 424 g/mol. The van der Waals surface area contributed by atoms with Crippen LogP contribution in [0.1, 0.15) is 52.0 Å². The quantitative estimate of drug-likeness (QED) is 0.636. The van der Waals surface area contributed by atoms with Crippen molar-refractivity contribution < 1.29 is 41.9 Å². The number of fused-ring (bicyclic) bond motifs is 1. The molecule has 0 amide bonds. The van der Waals surface area contributed by atoms with Crippen molar-refractivity contribution >= 4 is 26.7 Å². The van der Waals surface area contributed by atoms with Crippen molar-refractivity contribution in [2.45, 2.75) is 58.8 Å². The summed E-state index contributed by atoms with van der Waals surface area (Å²) in [5.74, 6) is -1.65. The number of carbonyl (C=O) groups is 3. The van der Waals surface area contributed by atoms with Gasteiger partial charge in [0.25, 0.3) is 17.9 Å². The molecule has 1 spiro atoms. The maximum Gasteiger partial charge on any atom is 0.745 e. The third-order valence-corrected chi connectivity index (χ3v) is 6.79. The lowest BCUT2D eigenvalue weighted by Crippen LogP contribution is -2.54. The summed E-state index contributed by atoms with van der Waals surface area (Å²) in [7, 11) is -4.06. The Balaban J connectivity index is 1.74. The van der Waals surface area contributed by atoms with Crippen LogP contribution in [0.3, 0.4) is 0 Å². The lowest BCUT2D eigenvalue weighted by molar-refractivity contribution is -0.200. The molecule has 1 aromatic carbocycles. The van der Waals surface area contributed by atoms with Crippen molar-refractivity contribution in [2.24, 2.45) is 0 Å². The van der Waals surface area contributed by atoms with Crippen LogP contribution in [0, 0.1) is 0 Å². The lowest BCUT2D eigenvalue weighted by atomic mass is 10.1. The van der Waals surface area contributed by atoms with Crippen molar-refractivity contribution in [2.75, 3.05) is 6.23 Å². The molecule has 1 saturated carbocycles. The molecule has 0 unspecified atom stereocenters. The zero-order valence-corrected chi connectivity index (χ0v) is 17.6. The van der Waals surface area contributed by atoms with Gasteiger partial charge in [0.15, 0.2) is 6.23 Å². The van der Waals surface area contributed by atoms with E-state index in [1.807, 2.05) is 0 Å². The molecule has 9 nitrogen and oxygen atoms in total. The predicted molar refractivity (Wildman–Crippen MR) is 99.6 cm³/mol. The van der Waals surface area contributed by atoms with Crippen molar-refractivity contribution in [3.05, 3.63) is 23.8 Å². The summed E-state index contributed by atoms with van der Waals surface area (Å²) in [6, 6.07) is 5.19.